The van der Waals surface area contributed by atoms with Crippen LogP contribution in [-0.2, 0) is 0 Å². The number of carbonyl (C=O) groups is 1. The molecule has 1 atom stereocenters. The summed E-state index contributed by atoms with van der Waals surface area (Å²) in [6, 6.07) is 6.03. The summed E-state index contributed by atoms with van der Waals surface area (Å²) in [5, 5.41) is 2.91. The summed E-state index contributed by atoms with van der Waals surface area (Å²) < 4.78 is 0. The van der Waals surface area contributed by atoms with Gasteiger partial charge in [0.15, 0.2) is 0 Å². The van der Waals surface area contributed by atoms with E-state index in [0.717, 1.165) is 24.0 Å². The maximum Gasteiger partial charge on any atom is 0.251 e. The van der Waals surface area contributed by atoms with Crippen LogP contribution in [0.5, 0.6) is 0 Å². The molecule has 17 heavy (non-hydrogen) atoms. The van der Waals surface area contributed by atoms with E-state index in [9.17, 15) is 4.79 Å². The maximum absolute atomic E-state index is 11.9. The third-order valence-corrected chi connectivity index (χ3v) is 2.95. The number of amides is 1. The first-order chi connectivity index (χ1) is 8.04. The molecule has 0 saturated heterocycles. The molecule has 0 spiro atoms. The summed E-state index contributed by atoms with van der Waals surface area (Å²) in [4.78, 5) is 11.9. The fourth-order valence-corrected chi connectivity index (χ4v) is 1.74. The topological polar surface area (TPSA) is 55.1 Å². The van der Waals surface area contributed by atoms with Crippen molar-refractivity contribution < 1.29 is 4.79 Å². The third-order valence-electron chi connectivity index (χ3n) is 2.95. The minimum atomic E-state index is -0.00852. The highest BCUT2D eigenvalue weighted by atomic mass is 16.1. The fraction of sp³-hybridized carbons (Fsp3) is 0.500. The van der Waals surface area contributed by atoms with E-state index in [1.165, 1.54) is 5.56 Å². The van der Waals surface area contributed by atoms with Gasteiger partial charge in [-0.15, -0.1) is 0 Å². The normalized spacial score (nSPS) is 12.2. The first-order valence-corrected chi connectivity index (χ1v) is 6.15. The van der Waals surface area contributed by atoms with Gasteiger partial charge in [-0.25, -0.2) is 0 Å². The summed E-state index contributed by atoms with van der Waals surface area (Å²) in [7, 11) is 0. The van der Waals surface area contributed by atoms with Crippen LogP contribution in [0.2, 0.25) is 0 Å². The Bertz CT molecular complexity index is 388. The summed E-state index contributed by atoms with van der Waals surface area (Å²) >= 11 is 0. The Morgan fingerprint density at radius 3 is 2.71 bits per heavy atom. The van der Waals surface area contributed by atoms with Crippen LogP contribution in [0.25, 0.3) is 0 Å². The second-order valence-corrected chi connectivity index (χ2v) is 4.53. The van der Waals surface area contributed by atoms with Crippen molar-refractivity contribution in [1.29, 1.82) is 0 Å². The molecule has 0 aliphatic carbocycles. The van der Waals surface area contributed by atoms with Gasteiger partial charge < -0.3 is 11.1 Å². The van der Waals surface area contributed by atoms with Crippen LogP contribution in [0, 0.1) is 13.8 Å². The average Bonchev–Trinajstić information content (AvgIpc) is 2.28. The molecule has 1 amide bonds. The van der Waals surface area contributed by atoms with E-state index in [4.69, 9.17) is 5.73 Å². The molecule has 3 N–H and O–H groups in total. The number of hydrogen-bond acceptors (Lipinski definition) is 2. The number of carbonyl (C=O) groups excluding carboxylic acids is 1. The van der Waals surface area contributed by atoms with E-state index < -0.39 is 0 Å². The van der Waals surface area contributed by atoms with Crippen molar-refractivity contribution in [3.63, 3.8) is 0 Å². The second-order valence-electron chi connectivity index (χ2n) is 4.53. The monoisotopic (exact) mass is 234 g/mol. The van der Waals surface area contributed by atoms with Crippen LogP contribution < -0.4 is 11.1 Å². The summed E-state index contributed by atoms with van der Waals surface area (Å²) in [5.74, 6) is -0.00852. The van der Waals surface area contributed by atoms with Gasteiger partial charge in [0.2, 0.25) is 0 Å². The minimum Gasteiger partial charge on any atom is -0.352 e. The minimum absolute atomic E-state index is 0.00852. The van der Waals surface area contributed by atoms with Gasteiger partial charge in [-0.1, -0.05) is 24.6 Å². The lowest BCUT2D eigenvalue weighted by molar-refractivity contribution is 0.0952. The van der Waals surface area contributed by atoms with Crippen LogP contribution >= 0.6 is 0 Å². The number of rotatable bonds is 5. The van der Waals surface area contributed by atoms with E-state index in [2.05, 4.69) is 12.2 Å². The molecule has 0 aliphatic heterocycles. The Morgan fingerprint density at radius 2 is 2.12 bits per heavy atom. The molecular formula is C14H22N2O. The molecule has 1 aromatic carbocycles. The highest BCUT2D eigenvalue weighted by Gasteiger charge is 2.08. The number of hydrogen-bond donors (Lipinski definition) is 2. The molecule has 0 heterocycles. The molecule has 94 valence electrons. The molecule has 3 heteroatoms. The van der Waals surface area contributed by atoms with Crippen molar-refractivity contribution in [3.05, 3.63) is 34.9 Å². The van der Waals surface area contributed by atoms with Gasteiger partial charge in [0, 0.05) is 18.2 Å². The fourth-order valence-electron chi connectivity index (χ4n) is 1.74. The Hall–Kier alpha value is -1.35. The Balaban J connectivity index is 2.52. The van der Waals surface area contributed by atoms with Crippen LogP contribution in [0.4, 0.5) is 0 Å². The Labute approximate surface area is 103 Å². The van der Waals surface area contributed by atoms with Crippen molar-refractivity contribution in [2.75, 3.05) is 6.54 Å². The lowest BCUT2D eigenvalue weighted by atomic mass is 10.1. The molecule has 3 nitrogen and oxygen atoms in total. The van der Waals surface area contributed by atoms with Gasteiger partial charge >= 0.3 is 0 Å². The van der Waals surface area contributed by atoms with Gasteiger partial charge in [0.05, 0.1) is 0 Å². The number of nitrogens with one attached hydrogen (secondary N) is 1. The molecule has 1 aromatic rings. The van der Waals surface area contributed by atoms with Crippen LogP contribution in [0.1, 0.15) is 41.3 Å². The zero-order valence-corrected chi connectivity index (χ0v) is 10.9. The SMILES string of the molecule is CCC(N)CCNC(=O)c1ccc(C)cc1C. The van der Waals surface area contributed by atoms with Crippen molar-refractivity contribution in [1.82, 2.24) is 5.32 Å². The predicted octanol–water partition coefficient (Wildman–Crippen LogP) is 2.16. The number of nitrogens with two attached hydrogens (primary N) is 1. The molecule has 1 rings (SSSR count). The van der Waals surface area contributed by atoms with E-state index >= 15 is 0 Å². The Morgan fingerprint density at radius 1 is 1.41 bits per heavy atom. The molecule has 0 aromatic heterocycles. The third kappa shape index (κ3) is 4.19. The second kappa shape index (κ2) is 6.40. The van der Waals surface area contributed by atoms with E-state index in [1.807, 2.05) is 32.0 Å². The smallest absolute Gasteiger partial charge is 0.251 e. The Kier molecular flexibility index (Phi) is 5.16. The molecule has 0 radical (unpaired) electrons. The largest absolute Gasteiger partial charge is 0.352 e. The summed E-state index contributed by atoms with van der Waals surface area (Å²) in [5.41, 5.74) is 8.74. The van der Waals surface area contributed by atoms with E-state index in [1.54, 1.807) is 0 Å². The van der Waals surface area contributed by atoms with Gasteiger partial charge in [-0.2, -0.15) is 0 Å². The van der Waals surface area contributed by atoms with Gasteiger partial charge in [0.25, 0.3) is 5.91 Å². The van der Waals surface area contributed by atoms with Crippen molar-refractivity contribution in [3.8, 4) is 0 Å². The van der Waals surface area contributed by atoms with Gasteiger partial charge in [-0.05, 0) is 38.3 Å². The lowest BCUT2D eigenvalue weighted by Crippen LogP contribution is -2.30. The summed E-state index contributed by atoms with van der Waals surface area (Å²) in [6.07, 6.45) is 1.77. The van der Waals surface area contributed by atoms with Gasteiger partial charge in [-0.3, -0.25) is 4.79 Å². The number of aryl methyl sites for hydroxylation is 2. The summed E-state index contributed by atoms with van der Waals surface area (Å²) in [6.45, 7) is 6.67. The van der Waals surface area contributed by atoms with Crippen LogP contribution in [0.15, 0.2) is 18.2 Å². The molecular weight excluding hydrogens is 212 g/mol. The van der Waals surface area contributed by atoms with Crippen LogP contribution in [-0.4, -0.2) is 18.5 Å². The van der Waals surface area contributed by atoms with Crippen molar-refractivity contribution >= 4 is 5.91 Å². The van der Waals surface area contributed by atoms with Crippen molar-refractivity contribution in [2.24, 2.45) is 5.73 Å². The number of benzene rings is 1. The van der Waals surface area contributed by atoms with Gasteiger partial charge in [0.1, 0.15) is 0 Å². The highest BCUT2D eigenvalue weighted by Crippen LogP contribution is 2.10. The maximum atomic E-state index is 11.9. The predicted molar refractivity (Wildman–Crippen MR) is 71.1 cm³/mol. The first kappa shape index (κ1) is 13.7. The zero-order chi connectivity index (χ0) is 12.8. The van der Waals surface area contributed by atoms with E-state index in [-0.39, 0.29) is 11.9 Å². The van der Waals surface area contributed by atoms with Crippen LogP contribution in [0.3, 0.4) is 0 Å². The standard InChI is InChI=1S/C14H22N2O/c1-4-12(15)7-8-16-14(17)13-6-5-10(2)9-11(13)3/h5-6,9,12H,4,7-8,15H2,1-3H3,(H,16,17). The average molecular weight is 234 g/mol. The van der Waals surface area contributed by atoms with E-state index in [0.29, 0.717) is 6.54 Å². The molecule has 1 unspecified atom stereocenters. The highest BCUT2D eigenvalue weighted by molar-refractivity contribution is 5.95. The molecule has 0 fully saturated rings. The zero-order valence-electron chi connectivity index (χ0n) is 10.9. The quantitative estimate of drug-likeness (QED) is 0.820. The lowest BCUT2D eigenvalue weighted by Gasteiger charge is -2.11. The molecule has 0 aliphatic rings. The molecule has 0 bridgehead atoms. The first-order valence-electron chi connectivity index (χ1n) is 6.15. The molecule has 0 saturated carbocycles. The van der Waals surface area contributed by atoms with Crippen molar-refractivity contribution in [2.45, 2.75) is 39.7 Å².